The maximum absolute atomic E-state index is 13.3. The van der Waals surface area contributed by atoms with E-state index in [4.69, 9.17) is 4.98 Å². The average molecular weight is 496 g/mol. The molecule has 3 rings (SSSR count). The van der Waals surface area contributed by atoms with Gasteiger partial charge in [-0.05, 0) is 47.6 Å². The van der Waals surface area contributed by atoms with Gasteiger partial charge in [0.25, 0.3) is 5.91 Å². The molecular formula is C28H35BrN2O. The number of rotatable bonds is 8. The summed E-state index contributed by atoms with van der Waals surface area (Å²) in [6.07, 6.45) is 4.62. The first-order valence-corrected chi connectivity index (χ1v) is 12.5. The molecule has 4 heteroatoms. The van der Waals surface area contributed by atoms with Gasteiger partial charge in [0.1, 0.15) is 0 Å². The molecule has 3 aromatic rings. The lowest BCUT2D eigenvalue weighted by molar-refractivity contribution is 0.0947. The Morgan fingerprint density at radius 3 is 2.41 bits per heavy atom. The second kappa shape index (κ2) is 10.6. The Bertz CT molecular complexity index is 1070. The number of pyridine rings is 1. The molecule has 170 valence electrons. The Kier molecular flexibility index (Phi) is 8.10. The van der Waals surface area contributed by atoms with Gasteiger partial charge >= 0.3 is 0 Å². The molecule has 1 atom stereocenters. The van der Waals surface area contributed by atoms with Crippen LogP contribution < -0.4 is 5.32 Å². The topological polar surface area (TPSA) is 42.0 Å². The molecule has 2 aromatic carbocycles. The highest BCUT2D eigenvalue weighted by Gasteiger charge is 2.17. The fourth-order valence-electron chi connectivity index (χ4n) is 3.95. The normalized spacial score (nSPS) is 12.7. The van der Waals surface area contributed by atoms with Gasteiger partial charge in [0.15, 0.2) is 0 Å². The van der Waals surface area contributed by atoms with Crippen molar-refractivity contribution in [3.63, 3.8) is 0 Å². The van der Waals surface area contributed by atoms with Gasteiger partial charge in [-0.1, -0.05) is 94.1 Å². The zero-order valence-corrected chi connectivity index (χ0v) is 21.6. The van der Waals surface area contributed by atoms with Crippen molar-refractivity contribution in [3.05, 3.63) is 64.1 Å². The summed E-state index contributed by atoms with van der Waals surface area (Å²) in [5.41, 5.74) is 4.72. The molecule has 0 saturated heterocycles. The number of aromatic nitrogens is 1. The quantitative estimate of drug-likeness (QED) is 0.345. The molecule has 0 saturated carbocycles. The summed E-state index contributed by atoms with van der Waals surface area (Å²) in [5.74, 6) is 0.487. The highest BCUT2D eigenvalue weighted by Crippen LogP contribution is 2.29. The van der Waals surface area contributed by atoms with Crippen molar-refractivity contribution in [2.45, 2.75) is 65.7 Å². The van der Waals surface area contributed by atoms with E-state index in [2.05, 4.69) is 80.1 Å². The van der Waals surface area contributed by atoms with Crippen LogP contribution in [0.25, 0.3) is 22.2 Å². The first kappa shape index (κ1) is 24.4. The summed E-state index contributed by atoms with van der Waals surface area (Å²) in [6, 6.07) is 16.4. The van der Waals surface area contributed by atoms with Gasteiger partial charge < -0.3 is 5.32 Å². The Morgan fingerprint density at radius 1 is 1.06 bits per heavy atom. The van der Waals surface area contributed by atoms with Gasteiger partial charge in [0, 0.05) is 22.0 Å². The lowest BCUT2D eigenvalue weighted by Gasteiger charge is -2.19. The van der Waals surface area contributed by atoms with E-state index in [1.165, 1.54) is 18.4 Å². The lowest BCUT2D eigenvalue weighted by atomic mass is 9.86. The molecule has 0 aliphatic heterocycles. The number of benzene rings is 2. The zero-order chi connectivity index (χ0) is 23.3. The van der Waals surface area contributed by atoms with Gasteiger partial charge in [-0.3, -0.25) is 4.79 Å². The molecule has 0 unspecified atom stereocenters. The van der Waals surface area contributed by atoms with Crippen LogP contribution in [0.1, 0.15) is 76.2 Å². The van der Waals surface area contributed by atoms with Crippen LogP contribution in [0.15, 0.2) is 53.0 Å². The number of amides is 1. The molecule has 3 nitrogen and oxygen atoms in total. The number of carbonyl (C=O) groups is 1. The number of hydrogen-bond acceptors (Lipinski definition) is 2. The predicted molar refractivity (Wildman–Crippen MR) is 139 cm³/mol. The number of halogens is 1. The minimum absolute atomic E-state index is 0.0296. The minimum atomic E-state index is -0.0296. The fraction of sp³-hybridized carbons (Fsp3) is 0.429. The second-order valence-electron chi connectivity index (χ2n) is 9.67. The van der Waals surface area contributed by atoms with Crippen molar-refractivity contribution in [2.75, 3.05) is 6.54 Å². The molecule has 1 aromatic heterocycles. The van der Waals surface area contributed by atoms with Crippen molar-refractivity contribution < 1.29 is 4.79 Å². The second-order valence-corrected chi connectivity index (χ2v) is 10.6. The standard InChI is InChI=1S/C28H35BrN2O/c1-6-8-9-19(7-2)18-30-27(32)24-17-26(31-25-15-14-22(29)16-23(24)25)20-10-12-21(13-11-20)28(3,4)5/h10-17,19H,6-9,18H2,1-5H3,(H,30,32)/t19-/m1/s1. The van der Waals surface area contributed by atoms with Crippen molar-refractivity contribution in [3.8, 4) is 11.3 Å². The third kappa shape index (κ3) is 5.98. The van der Waals surface area contributed by atoms with Crippen molar-refractivity contribution in [2.24, 2.45) is 5.92 Å². The summed E-state index contributed by atoms with van der Waals surface area (Å²) >= 11 is 3.55. The first-order chi connectivity index (χ1) is 15.2. The summed E-state index contributed by atoms with van der Waals surface area (Å²) in [6.45, 7) is 11.7. The molecule has 0 fully saturated rings. The summed E-state index contributed by atoms with van der Waals surface area (Å²) in [4.78, 5) is 18.2. The number of carbonyl (C=O) groups excluding carboxylic acids is 1. The third-order valence-electron chi connectivity index (χ3n) is 6.16. The van der Waals surface area contributed by atoms with Crippen LogP contribution in [-0.4, -0.2) is 17.4 Å². The van der Waals surface area contributed by atoms with Crippen molar-refractivity contribution in [1.29, 1.82) is 0 Å². The molecule has 0 bridgehead atoms. The molecule has 1 amide bonds. The van der Waals surface area contributed by atoms with Crippen LogP contribution in [-0.2, 0) is 5.41 Å². The fourth-order valence-corrected chi connectivity index (χ4v) is 4.31. The predicted octanol–water partition coefficient (Wildman–Crippen LogP) is 7.91. The van der Waals surface area contributed by atoms with Crippen LogP contribution in [0.3, 0.4) is 0 Å². The molecular weight excluding hydrogens is 460 g/mol. The lowest BCUT2D eigenvalue weighted by Crippen LogP contribution is -2.29. The summed E-state index contributed by atoms with van der Waals surface area (Å²) < 4.78 is 0.942. The van der Waals surface area contributed by atoms with Crippen LogP contribution in [0, 0.1) is 5.92 Å². The van der Waals surface area contributed by atoms with E-state index in [9.17, 15) is 4.79 Å². The Morgan fingerprint density at radius 2 is 1.78 bits per heavy atom. The number of nitrogens with one attached hydrogen (secondary N) is 1. The van der Waals surface area contributed by atoms with E-state index in [-0.39, 0.29) is 11.3 Å². The van der Waals surface area contributed by atoms with Gasteiger partial charge in [-0.2, -0.15) is 0 Å². The number of nitrogens with zero attached hydrogens (tertiary/aromatic N) is 1. The van der Waals surface area contributed by atoms with E-state index >= 15 is 0 Å². The summed E-state index contributed by atoms with van der Waals surface area (Å²) in [7, 11) is 0. The van der Waals surface area contributed by atoms with Crippen molar-refractivity contribution >= 4 is 32.7 Å². The van der Waals surface area contributed by atoms with Gasteiger partial charge in [-0.25, -0.2) is 4.98 Å². The minimum Gasteiger partial charge on any atom is -0.352 e. The Hall–Kier alpha value is -2.20. The number of fused-ring (bicyclic) bond motifs is 1. The number of unbranched alkanes of at least 4 members (excludes halogenated alkanes) is 1. The van der Waals surface area contributed by atoms with Gasteiger partial charge in [-0.15, -0.1) is 0 Å². The first-order valence-electron chi connectivity index (χ1n) is 11.7. The molecule has 1 N–H and O–H groups in total. The van der Waals surface area contributed by atoms with E-state index in [1.54, 1.807) is 0 Å². The largest absolute Gasteiger partial charge is 0.352 e. The molecule has 0 radical (unpaired) electrons. The highest BCUT2D eigenvalue weighted by atomic mass is 79.9. The van der Waals surface area contributed by atoms with E-state index in [0.717, 1.165) is 39.5 Å². The van der Waals surface area contributed by atoms with Gasteiger partial charge in [0.2, 0.25) is 0 Å². The molecule has 1 heterocycles. The molecule has 0 aliphatic carbocycles. The van der Waals surface area contributed by atoms with E-state index < -0.39 is 0 Å². The van der Waals surface area contributed by atoms with Crippen LogP contribution >= 0.6 is 15.9 Å². The van der Waals surface area contributed by atoms with Gasteiger partial charge in [0.05, 0.1) is 16.8 Å². The highest BCUT2D eigenvalue weighted by molar-refractivity contribution is 9.10. The average Bonchev–Trinajstić information content (AvgIpc) is 2.78. The van der Waals surface area contributed by atoms with Crippen molar-refractivity contribution in [1.82, 2.24) is 10.3 Å². The molecule has 0 spiro atoms. The maximum atomic E-state index is 13.3. The molecule has 0 aliphatic rings. The SMILES string of the molecule is CCCC[C@@H](CC)CNC(=O)c1cc(-c2ccc(C(C)(C)C)cc2)nc2ccc(Br)cc12. The van der Waals surface area contributed by atoms with Crippen LogP contribution in [0.2, 0.25) is 0 Å². The van der Waals surface area contributed by atoms with Crippen LogP contribution in [0.5, 0.6) is 0 Å². The third-order valence-corrected chi connectivity index (χ3v) is 6.65. The Balaban J connectivity index is 1.96. The maximum Gasteiger partial charge on any atom is 0.252 e. The Labute approximate surface area is 201 Å². The molecule has 32 heavy (non-hydrogen) atoms. The number of hydrogen-bond donors (Lipinski definition) is 1. The van der Waals surface area contributed by atoms with E-state index in [1.807, 2.05) is 24.3 Å². The van der Waals surface area contributed by atoms with E-state index in [0.29, 0.717) is 18.0 Å². The monoisotopic (exact) mass is 494 g/mol. The smallest absolute Gasteiger partial charge is 0.252 e. The summed E-state index contributed by atoms with van der Waals surface area (Å²) in [5, 5.41) is 4.07. The van der Waals surface area contributed by atoms with Crippen LogP contribution in [0.4, 0.5) is 0 Å². The zero-order valence-electron chi connectivity index (χ0n) is 20.0.